The van der Waals surface area contributed by atoms with Crippen LogP contribution >= 0.6 is 29.5 Å². The van der Waals surface area contributed by atoms with Gasteiger partial charge in [-0.3, -0.25) is 0 Å². The van der Waals surface area contributed by atoms with Gasteiger partial charge in [-0.15, -0.1) is 0 Å². The molecule has 0 fully saturated rings. The van der Waals surface area contributed by atoms with Crippen LogP contribution < -0.4 is 0 Å². The fraction of sp³-hybridized carbons (Fsp3) is 0. The molecular weight excluding hydrogens is 217 g/mol. The van der Waals surface area contributed by atoms with Crippen molar-refractivity contribution in [2.75, 3.05) is 0 Å². The normalized spacial score (nSPS) is 8.44. The molecule has 0 aliphatic rings. The van der Waals surface area contributed by atoms with Crippen LogP contribution in [0.3, 0.4) is 0 Å². The third-order valence-corrected chi connectivity index (χ3v) is 0.556. The molecule has 0 atom stereocenters. The zero-order chi connectivity index (χ0) is 7.11. The Morgan fingerprint density at radius 3 is 1.44 bits per heavy atom. The van der Waals surface area contributed by atoms with Crippen LogP contribution in [0.15, 0.2) is 30.3 Å². The third kappa shape index (κ3) is 12.1. The van der Waals surface area contributed by atoms with Crippen LogP contribution in [0.1, 0.15) is 0 Å². The molecule has 0 spiro atoms. The molecule has 9 heavy (non-hydrogen) atoms. The van der Waals surface area contributed by atoms with Crippen molar-refractivity contribution < 1.29 is 12.3 Å². The van der Waals surface area contributed by atoms with Crippen molar-refractivity contribution in [1.82, 2.24) is 0 Å². The maximum atomic E-state index is 4.95. The Morgan fingerprint density at radius 2 is 1.33 bits per heavy atom. The van der Waals surface area contributed by atoms with Crippen LogP contribution in [0.25, 0.3) is 0 Å². The maximum Gasteiger partial charge on any atom is -0.172 e. The van der Waals surface area contributed by atoms with Gasteiger partial charge >= 0.3 is 41.8 Å². The van der Waals surface area contributed by atoms with E-state index in [1.807, 2.05) is 30.3 Å². The molecule has 1 aromatic carbocycles. The van der Waals surface area contributed by atoms with Crippen LogP contribution in [-0.4, -0.2) is 0 Å². The fourth-order valence-corrected chi connectivity index (χ4v) is 0.321. The predicted octanol–water partition coefficient (Wildman–Crippen LogP) is 3.47. The molecule has 52 valence electrons. The Morgan fingerprint density at radius 1 is 1.00 bits per heavy atom. The number of halogens is 3. The summed E-state index contributed by atoms with van der Waals surface area (Å²) in [6.07, 6.45) is 0. The van der Waals surface area contributed by atoms with Gasteiger partial charge in [0, 0.05) is 0 Å². The van der Waals surface area contributed by atoms with E-state index in [4.69, 9.17) is 29.5 Å². The Bertz CT molecular complexity index is 95.8. The molecule has 0 saturated heterocycles. The first-order valence-corrected chi connectivity index (χ1v) is 7.94. The molecule has 0 bridgehead atoms. The largest absolute Gasteiger partial charge is 0.214 e. The molecule has 0 aromatic heterocycles. The summed E-state index contributed by atoms with van der Waals surface area (Å²) in [6, 6.07) is 10.0. The van der Waals surface area contributed by atoms with Crippen molar-refractivity contribution in [3.05, 3.63) is 30.3 Å². The first kappa shape index (κ1) is 9.80. The first-order valence-electron chi connectivity index (χ1n) is 2.17. The molecule has 0 heterocycles. The van der Waals surface area contributed by atoms with E-state index in [-0.39, 0.29) is 0 Å². The van der Waals surface area contributed by atoms with Gasteiger partial charge in [0.05, 0.1) is 0 Å². The summed E-state index contributed by atoms with van der Waals surface area (Å²) >= 11 is -1.77. The number of hydrogen-bond donors (Lipinski definition) is 0. The van der Waals surface area contributed by atoms with E-state index >= 15 is 0 Å². The minimum Gasteiger partial charge on any atom is -0.214 e. The molecule has 1 aromatic rings. The van der Waals surface area contributed by atoms with E-state index < -0.39 is 12.3 Å². The number of rotatable bonds is 0. The molecule has 0 aliphatic carbocycles. The molecule has 0 amide bonds. The van der Waals surface area contributed by atoms with Crippen molar-refractivity contribution in [3.63, 3.8) is 0 Å². The van der Waals surface area contributed by atoms with Gasteiger partial charge in [0.1, 0.15) is 0 Å². The SMILES string of the molecule is [Cl][V]([Cl])[Cl].c1cc[cH-]c1. The second kappa shape index (κ2) is 6.92. The zero-order valence-corrected chi connectivity index (χ0v) is 8.13. The van der Waals surface area contributed by atoms with Crippen molar-refractivity contribution in [2.24, 2.45) is 0 Å². The van der Waals surface area contributed by atoms with Crippen molar-refractivity contribution >= 4 is 29.5 Å². The topological polar surface area (TPSA) is 0 Å². The molecule has 0 unspecified atom stereocenters. The van der Waals surface area contributed by atoms with E-state index in [2.05, 4.69) is 0 Å². The summed E-state index contributed by atoms with van der Waals surface area (Å²) in [4.78, 5) is 0. The average molecular weight is 222 g/mol. The van der Waals surface area contributed by atoms with Crippen molar-refractivity contribution in [1.29, 1.82) is 0 Å². The van der Waals surface area contributed by atoms with Gasteiger partial charge < -0.3 is 0 Å². The van der Waals surface area contributed by atoms with Crippen LogP contribution in [0.2, 0.25) is 0 Å². The van der Waals surface area contributed by atoms with Gasteiger partial charge in [-0.1, -0.05) is 0 Å². The van der Waals surface area contributed by atoms with Crippen molar-refractivity contribution in [3.8, 4) is 0 Å². The van der Waals surface area contributed by atoms with Gasteiger partial charge in [0.25, 0.3) is 0 Å². The Hall–Kier alpha value is 0.804. The second-order valence-electron chi connectivity index (χ2n) is 1.15. The van der Waals surface area contributed by atoms with Crippen LogP contribution in [0, 0.1) is 0 Å². The monoisotopic (exact) mass is 221 g/mol. The van der Waals surface area contributed by atoms with Gasteiger partial charge in [-0.25, -0.2) is 12.1 Å². The van der Waals surface area contributed by atoms with E-state index in [1.54, 1.807) is 0 Å². The molecular formula is C5H5Cl3V-. The van der Waals surface area contributed by atoms with Crippen LogP contribution in [0.5, 0.6) is 0 Å². The molecule has 0 radical (unpaired) electrons. The Balaban J connectivity index is 0.000000148. The molecule has 0 aliphatic heterocycles. The van der Waals surface area contributed by atoms with Crippen LogP contribution in [-0.2, 0) is 12.3 Å². The predicted molar refractivity (Wildman–Crippen MR) is 39.6 cm³/mol. The van der Waals surface area contributed by atoms with E-state index in [0.29, 0.717) is 0 Å². The summed E-state index contributed by atoms with van der Waals surface area (Å²) in [7, 11) is 14.9. The summed E-state index contributed by atoms with van der Waals surface area (Å²) in [6.45, 7) is 0. The van der Waals surface area contributed by atoms with E-state index in [0.717, 1.165) is 0 Å². The Labute approximate surface area is 71.9 Å². The summed E-state index contributed by atoms with van der Waals surface area (Å²) in [5, 5.41) is 0. The molecule has 4 heteroatoms. The minimum absolute atomic E-state index is 1.77. The summed E-state index contributed by atoms with van der Waals surface area (Å²) in [5.74, 6) is 0. The molecule has 0 saturated carbocycles. The average Bonchev–Trinajstić information content (AvgIpc) is 2.11. The molecule has 1 rings (SSSR count). The summed E-state index contributed by atoms with van der Waals surface area (Å²) < 4.78 is 0. The van der Waals surface area contributed by atoms with Gasteiger partial charge in [0.2, 0.25) is 0 Å². The molecule has 0 N–H and O–H groups in total. The quantitative estimate of drug-likeness (QED) is 0.590. The smallest absolute Gasteiger partial charge is 0.172 e. The van der Waals surface area contributed by atoms with E-state index in [1.165, 1.54) is 0 Å². The second-order valence-corrected chi connectivity index (χ2v) is 8.07. The zero-order valence-electron chi connectivity index (χ0n) is 4.47. The maximum absolute atomic E-state index is 4.95. The molecule has 0 nitrogen and oxygen atoms in total. The van der Waals surface area contributed by atoms with Gasteiger partial charge in [0.15, 0.2) is 0 Å². The number of hydrogen-bond acceptors (Lipinski definition) is 0. The standard InChI is InChI=1S/C5H5.3ClH.V/c1-2-4-5-3-1;;;;/h1-5H;3*1H;/q-1;;;;+3/p-3. The van der Waals surface area contributed by atoms with Crippen molar-refractivity contribution in [2.45, 2.75) is 0 Å². The summed E-state index contributed by atoms with van der Waals surface area (Å²) in [5.41, 5.74) is 0. The van der Waals surface area contributed by atoms with E-state index in [9.17, 15) is 0 Å². The first-order chi connectivity index (χ1) is 4.23. The Kier molecular flexibility index (Phi) is 7.54. The third-order valence-electron chi connectivity index (χ3n) is 0.556. The van der Waals surface area contributed by atoms with Gasteiger partial charge in [-0.05, 0) is 0 Å². The minimum atomic E-state index is -1.77. The van der Waals surface area contributed by atoms with Gasteiger partial charge in [-0.2, -0.15) is 18.2 Å². The van der Waals surface area contributed by atoms with Crippen LogP contribution in [0.4, 0.5) is 0 Å². The fourth-order valence-electron chi connectivity index (χ4n) is 0.321.